The molecule has 0 saturated carbocycles. The molecule has 1 aromatic carbocycles. The molecule has 0 aliphatic heterocycles. The highest BCUT2D eigenvalue weighted by molar-refractivity contribution is 5.75. The maximum atomic E-state index is 11.4. The van der Waals surface area contributed by atoms with E-state index in [0.29, 0.717) is 13.0 Å². The smallest absolute Gasteiger partial charge is 0.130 e. The fraction of sp³-hybridized carbons (Fsp3) is 0.421. The Kier molecular flexibility index (Phi) is 8.37. The van der Waals surface area contributed by atoms with E-state index < -0.39 is 0 Å². The van der Waals surface area contributed by atoms with Crippen molar-refractivity contribution in [2.24, 2.45) is 5.92 Å². The van der Waals surface area contributed by atoms with Gasteiger partial charge in [-0.05, 0) is 38.7 Å². The van der Waals surface area contributed by atoms with Gasteiger partial charge in [-0.3, -0.25) is 0 Å². The molecule has 0 unspecified atom stereocenters. The molecular weight excluding hydrogens is 260 g/mol. The van der Waals surface area contributed by atoms with Gasteiger partial charge >= 0.3 is 0 Å². The molecule has 0 radical (unpaired) electrons. The van der Waals surface area contributed by atoms with E-state index in [-0.39, 0.29) is 17.8 Å². The van der Waals surface area contributed by atoms with Crippen LogP contribution in [0.4, 0.5) is 0 Å². The molecule has 0 aromatic heterocycles. The van der Waals surface area contributed by atoms with Crippen molar-refractivity contribution in [2.75, 3.05) is 0 Å². The summed E-state index contributed by atoms with van der Waals surface area (Å²) < 4.78 is 5.94. The van der Waals surface area contributed by atoms with Crippen molar-refractivity contribution in [1.82, 2.24) is 0 Å². The SMILES string of the molecule is C/C=C/C=C/C[C@@H](CC(C)=O)[C@@H](C)OCc1ccccc1. The van der Waals surface area contributed by atoms with Gasteiger partial charge in [0.2, 0.25) is 0 Å². The molecule has 0 saturated heterocycles. The van der Waals surface area contributed by atoms with Crippen LogP contribution in [0.15, 0.2) is 54.6 Å². The van der Waals surface area contributed by atoms with Gasteiger partial charge in [-0.25, -0.2) is 0 Å². The minimum Gasteiger partial charge on any atom is -0.374 e. The second-order valence-electron chi connectivity index (χ2n) is 5.36. The van der Waals surface area contributed by atoms with Gasteiger partial charge < -0.3 is 9.53 Å². The van der Waals surface area contributed by atoms with E-state index in [0.717, 1.165) is 12.0 Å². The zero-order valence-electron chi connectivity index (χ0n) is 13.3. The number of hydrogen-bond donors (Lipinski definition) is 0. The number of allylic oxidation sites excluding steroid dienone is 4. The third kappa shape index (κ3) is 7.62. The molecule has 1 aromatic rings. The third-order valence-electron chi connectivity index (χ3n) is 3.45. The lowest BCUT2D eigenvalue weighted by Crippen LogP contribution is -2.22. The second kappa shape index (κ2) is 10.1. The third-order valence-corrected chi connectivity index (χ3v) is 3.45. The largest absolute Gasteiger partial charge is 0.374 e. The molecular formula is C19H26O2. The lowest BCUT2D eigenvalue weighted by atomic mass is 9.93. The summed E-state index contributed by atoms with van der Waals surface area (Å²) in [6.45, 7) is 6.28. The minimum absolute atomic E-state index is 0.0596. The Bertz CT molecular complexity index is 460. The monoisotopic (exact) mass is 286 g/mol. The molecule has 0 aliphatic carbocycles. The molecule has 21 heavy (non-hydrogen) atoms. The van der Waals surface area contributed by atoms with E-state index in [4.69, 9.17) is 4.74 Å². The molecule has 2 atom stereocenters. The summed E-state index contributed by atoms with van der Waals surface area (Å²) in [6.07, 6.45) is 9.61. The van der Waals surface area contributed by atoms with Crippen LogP contribution in [0.2, 0.25) is 0 Å². The molecule has 0 aliphatic rings. The first-order valence-electron chi connectivity index (χ1n) is 7.56. The first-order chi connectivity index (χ1) is 10.1. The minimum atomic E-state index is 0.0596. The van der Waals surface area contributed by atoms with Crippen LogP contribution >= 0.6 is 0 Å². The van der Waals surface area contributed by atoms with Crippen molar-refractivity contribution in [1.29, 1.82) is 0 Å². The molecule has 2 heteroatoms. The van der Waals surface area contributed by atoms with Crippen molar-refractivity contribution in [3.63, 3.8) is 0 Å². The molecule has 114 valence electrons. The number of ketones is 1. The van der Waals surface area contributed by atoms with Crippen LogP contribution in [-0.2, 0) is 16.1 Å². The van der Waals surface area contributed by atoms with Crippen LogP contribution in [0.25, 0.3) is 0 Å². The maximum absolute atomic E-state index is 11.4. The van der Waals surface area contributed by atoms with Crippen molar-refractivity contribution >= 4 is 5.78 Å². The van der Waals surface area contributed by atoms with E-state index in [9.17, 15) is 4.79 Å². The second-order valence-corrected chi connectivity index (χ2v) is 5.36. The van der Waals surface area contributed by atoms with E-state index in [1.54, 1.807) is 6.92 Å². The number of Topliss-reactive ketones (excluding diaryl/α,β-unsaturated/α-hetero) is 1. The van der Waals surface area contributed by atoms with Crippen LogP contribution in [-0.4, -0.2) is 11.9 Å². The number of carbonyl (C=O) groups excluding carboxylic acids is 1. The fourth-order valence-corrected chi connectivity index (χ4v) is 2.19. The van der Waals surface area contributed by atoms with Crippen LogP contribution in [0, 0.1) is 5.92 Å². The molecule has 0 spiro atoms. The Hall–Kier alpha value is -1.67. The van der Waals surface area contributed by atoms with Gasteiger partial charge in [0.05, 0.1) is 12.7 Å². The average molecular weight is 286 g/mol. The van der Waals surface area contributed by atoms with Crippen LogP contribution in [0.3, 0.4) is 0 Å². The Morgan fingerprint density at radius 1 is 1.24 bits per heavy atom. The molecule has 1 rings (SSSR count). The number of hydrogen-bond acceptors (Lipinski definition) is 2. The molecule has 0 heterocycles. The molecule has 0 amide bonds. The summed E-state index contributed by atoms with van der Waals surface area (Å²) in [5, 5.41) is 0. The standard InChI is InChI=1S/C19H26O2/c1-4-5-6-10-13-19(14-16(2)20)17(3)21-15-18-11-8-7-9-12-18/h4-12,17,19H,13-15H2,1-3H3/b5-4+,10-6+/t17-,19+/m1/s1. The van der Waals surface area contributed by atoms with Gasteiger partial charge in [-0.15, -0.1) is 0 Å². The van der Waals surface area contributed by atoms with Crippen LogP contribution in [0.1, 0.15) is 39.2 Å². The molecule has 0 fully saturated rings. The van der Waals surface area contributed by atoms with Gasteiger partial charge in [0.25, 0.3) is 0 Å². The zero-order valence-corrected chi connectivity index (χ0v) is 13.3. The van der Waals surface area contributed by atoms with E-state index >= 15 is 0 Å². The molecule has 2 nitrogen and oxygen atoms in total. The normalized spacial score (nSPS) is 14.6. The first kappa shape index (κ1) is 17.4. The highest BCUT2D eigenvalue weighted by Crippen LogP contribution is 2.19. The Morgan fingerprint density at radius 3 is 2.57 bits per heavy atom. The van der Waals surface area contributed by atoms with Crippen molar-refractivity contribution in [3.8, 4) is 0 Å². The van der Waals surface area contributed by atoms with E-state index in [2.05, 4.69) is 25.1 Å². The topological polar surface area (TPSA) is 26.3 Å². The van der Waals surface area contributed by atoms with Crippen LogP contribution in [0.5, 0.6) is 0 Å². The average Bonchev–Trinajstić information content (AvgIpc) is 2.48. The highest BCUT2D eigenvalue weighted by atomic mass is 16.5. The summed E-state index contributed by atoms with van der Waals surface area (Å²) >= 11 is 0. The first-order valence-corrected chi connectivity index (χ1v) is 7.56. The molecule has 0 bridgehead atoms. The number of rotatable bonds is 9. The van der Waals surface area contributed by atoms with Crippen molar-refractivity contribution in [2.45, 2.75) is 46.3 Å². The summed E-state index contributed by atoms with van der Waals surface area (Å²) in [5.74, 6) is 0.447. The van der Waals surface area contributed by atoms with Gasteiger partial charge in [-0.2, -0.15) is 0 Å². The van der Waals surface area contributed by atoms with Crippen molar-refractivity contribution in [3.05, 3.63) is 60.2 Å². The van der Waals surface area contributed by atoms with Crippen molar-refractivity contribution < 1.29 is 9.53 Å². The van der Waals surface area contributed by atoms with Gasteiger partial charge in [0.15, 0.2) is 0 Å². The lowest BCUT2D eigenvalue weighted by Gasteiger charge is -2.22. The lowest BCUT2D eigenvalue weighted by molar-refractivity contribution is -0.119. The number of ether oxygens (including phenoxy) is 1. The van der Waals surface area contributed by atoms with Gasteiger partial charge in [0.1, 0.15) is 5.78 Å². The van der Waals surface area contributed by atoms with Gasteiger partial charge in [-0.1, -0.05) is 54.6 Å². The summed E-state index contributed by atoms with van der Waals surface area (Å²) in [7, 11) is 0. The summed E-state index contributed by atoms with van der Waals surface area (Å²) in [6, 6.07) is 10.1. The number of carbonyl (C=O) groups is 1. The predicted molar refractivity (Wildman–Crippen MR) is 88.1 cm³/mol. The quantitative estimate of drug-likeness (QED) is 0.615. The Morgan fingerprint density at radius 2 is 1.95 bits per heavy atom. The summed E-state index contributed by atoms with van der Waals surface area (Å²) in [4.78, 5) is 11.4. The fourth-order valence-electron chi connectivity index (χ4n) is 2.19. The number of benzene rings is 1. The highest BCUT2D eigenvalue weighted by Gasteiger charge is 2.18. The zero-order chi connectivity index (χ0) is 15.5. The Balaban J connectivity index is 2.53. The van der Waals surface area contributed by atoms with Gasteiger partial charge in [0, 0.05) is 6.42 Å². The Labute approximate surface area is 128 Å². The van der Waals surface area contributed by atoms with E-state index in [1.807, 2.05) is 43.4 Å². The summed E-state index contributed by atoms with van der Waals surface area (Å²) in [5.41, 5.74) is 1.16. The maximum Gasteiger partial charge on any atom is 0.130 e. The van der Waals surface area contributed by atoms with Crippen LogP contribution < -0.4 is 0 Å². The predicted octanol–water partition coefficient (Wildman–Crippen LogP) is 4.71. The van der Waals surface area contributed by atoms with E-state index in [1.165, 1.54) is 0 Å². The molecule has 0 N–H and O–H groups in total.